The molecule has 112 valence electrons. The number of hydrogen-bond acceptors (Lipinski definition) is 1. The smallest absolute Gasteiger partial charge is 0.0453 e. The average Bonchev–Trinajstić information content (AvgIpc) is 2.38. The first kappa shape index (κ1) is 15.9. The van der Waals surface area contributed by atoms with Crippen molar-refractivity contribution in [1.82, 2.24) is 5.32 Å². The Kier molecular flexibility index (Phi) is 5.92. The van der Waals surface area contributed by atoms with Crippen molar-refractivity contribution in [2.24, 2.45) is 11.8 Å². The van der Waals surface area contributed by atoms with Gasteiger partial charge in [0.15, 0.2) is 0 Å². The lowest BCUT2D eigenvalue weighted by atomic mass is 9.81. The minimum atomic E-state index is 0.339. The van der Waals surface area contributed by atoms with Crippen molar-refractivity contribution >= 4 is 11.6 Å². The molecule has 0 bridgehead atoms. The van der Waals surface area contributed by atoms with Gasteiger partial charge in [0, 0.05) is 17.1 Å². The summed E-state index contributed by atoms with van der Waals surface area (Å²) in [6.07, 6.45) is 6.79. The Balaban J connectivity index is 1.91. The van der Waals surface area contributed by atoms with E-state index in [4.69, 9.17) is 11.6 Å². The molecule has 3 atom stereocenters. The van der Waals surface area contributed by atoms with E-state index < -0.39 is 0 Å². The Bertz CT molecular complexity index is 416. The van der Waals surface area contributed by atoms with Gasteiger partial charge in [-0.2, -0.15) is 0 Å². The Morgan fingerprint density at radius 1 is 1.20 bits per heavy atom. The van der Waals surface area contributed by atoms with Crippen LogP contribution in [0.15, 0.2) is 24.3 Å². The normalized spacial score (nSPS) is 24.9. The Morgan fingerprint density at radius 2 is 1.95 bits per heavy atom. The van der Waals surface area contributed by atoms with Crippen molar-refractivity contribution in [3.05, 3.63) is 34.9 Å². The second-order valence-corrected chi connectivity index (χ2v) is 7.18. The van der Waals surface area contributed by atoms with E-state index in [2.05, 4.69) is 38.2 Å². The summed E-state index contributed by atoms with van der Waals surface area (Å²) in [5, 5.41) is 4.67. The minimum absolute atomic E-state index is 0.339. The molecule has 0 aromatic heterocycles. The molecule has 1 nitrogen and oxygen atoms in total. The topological polar surface area (TPSA) is 12.0 Å². The third-order valence-electron chi connectivity index (χ3n) is 4.44. The molecule has 0 aliphatic heterocycles. The second kappa shape index (κ2) is 7.47. The van der Waals surface area contributed by atoms with Crippen LogP contribution in [0.3, 0.4) is 0 Å². The maximum absolute atomic E-state index is 6.29. The number of hydrogen-bond donors (Lipinski definition) is 1. The molecule has 1 aliphatic carbocycles. The average molecular weight is 294 g/mol. The lowest BCUT2D eigenvalue weighted by Gasteiger charge is -2.33. The van der Waals surface area contributed by atoms with E-state index in [1.54, 1.807) is 0 Å². The number of nitrogens with one attached hydrogen (secondary N) is 1. The summed E-state index contributed by atoms with van der Waals surface area (Å²) >= 11 is 6.29. The van der Waals surface area contributed by atoms with Crippen LogP contribution in [0.25, 0.3) is 0 Å². The first-order valence-electron chi connectivity index (χ1n) is 8.06. The Hall–Kier alpha value is -0.530. The van der Waals surface area contributed by atoms with E-state index in [1.807, 2.05) is 12.1 Å². The van der Waals surface area contributed by atoms with Gasteiger partial charge in [-0.3, -0.25) is 0 Å². The van der Waals surface area contributed by atoms with Gasteiger partial charge in [-0.25, -0.2) is 0 Å². The molecule has 0 spiro atoms. The first-order chi connectivity index (χ1) is 9.56. The van der Waals surface area contributed by atoms with Gasteiger partial charge in [-0.15, -0.1) is 0 Å². The summed E-state index contributed by atoms with van der Waals surface area (Å²) in [7, 11) is 0. The van der Waals surface area contributed by atoms with Crippen LogP contribution in [0.4, 0.5) is 0 Å². The van der Waals surface area contributed by atoms with E-state index in [9.17, 15) is 0 Å². The fourth-order valence-corrected chi connectivity index (χ4v) is 3.89. The predicted molar refractivity (Wildman–Crippen MR) is 88.2 cm³/mol. The Labute approximate surface area is 129 Å². The van der Waals surface area contributed by atoms with Crippen molar-refractivity contribution in [3.8, 4) is 0 Å². The molecule has 2 heteroatoms. The van der Waals surface area contributed by atoms with Crippen LogP contribution in [-0.2, 0) is 0 Å². The van der Waals surface area contributed by atoms with Gasteiger partial charge in [0.05, 0.1) is 0 Å². The number of rotatable bonds is 5. The molecule has 1 fully saturated rings. The van der Waals surface area contributed by atoms with Gasteiger partial charge < -0.3 is 5.32 Å². The molecule has 1 N–H and O–H groups in total. The molecule has 0 heterocycles. The van der Waals surface area contributed by atoms with E-state index in [1.165, 1.54) is 37.7 Å². The van der Waals surface area contributed by atoms with E-state index >= 15 is 0 Å². The van der Waals surface area contributed by atoms with Crippen LogP contribution >= 0.6 is 11.6 Å². The molecule has 0 saturated heterocycles. The highest BCUT2D eigenvalue weighted by atomic mass is 35.5. The maximum atomic E-state index is 6.29. The summed E-state index contributed by atoms with van der Waals surface area (Å²) in [6.45, 7) is 6.90. The van der Waals surface area contributed by atoms with E-state index in [0.717, 1.165) is 16.9 Å². The van der Waals surface area contributed by atoms with Gasteiger partial charge in [0.1, 0.15) is 0 Å². The van der Waals surface area contributed by atoms with Gasteiger partial charge >= 0.3 is 0 Å². The molecule has 2 unspecified atom stereocenters. The zero-order valence-electron chi connectivity index (χ0n) is 13.0. The van der Waals surface area contributed by atoms with Gasteiger partial charge in [-0.05, 0) is 49.7 Å². The fraction of sp³-hybridized carbons (Fsp3) is 0.667. The molecule has 0 radical (unpaired) electrons. The van der Waals surface area contributed by atoms with E-state index in [-0.39, 0.29) is 0 Å². The molecule has 20 heavy (non-hydrogen) atoms. The molecular weight excluding hydrogens is 266 g/mol. The van der Waals surface area contributed by atoms with Crippen LogP contribution in [0.1, 0.15) is 64.5 Å². The summed E-state index contributed by atoms with van der Waals surface area (Å²) in [4.78, 5) is 0. The standard InChI is InChI=1S/C18H28ClN/c1-13(2)11-15-7-6-8-16(12-15)20-14(3)17-9-4-5-10-18(17)19/h4-5,9-10,13-16,20H,6-8,11-12H2,1-3H3/t14-,15?,16?/m1/s1. The summed E-state index contributed by atoms with van der Waals surface area (Å²) in [5.74, 6) is 1.72. The van der Waals surface area contributed by atoms with Gasteiger partial charge in [-0.1, -0.05) is 56.5 Å². The zero-order valence-corrected chi connectivity index (χ0v) is 13.8. The summed E-state index contributed by atoms with van der Waals surface area (Å²) < 4.78 is 0. The largest absolute Gasteiger partial charge is 0.307 e. The second-order valence-electron chi connectivity index (χ2n) is 6.77. The first-order valence-corrected chi connectivity index (χ1v) is 8.44. The van der Waals surface area contributed by atoms with Gasteiger partial charge in [0.2, 0.25) is 0 Å². The highest BCUT2D eigenvalue weighted by Gasteiger charge is 2.24. The number of benzene rings is 1. The van der Waals surface area contributed by atoms with Crippen LogP contribution in [-0.4, -0.2) is 6.04 Å². The number of halogens is 1. The van der Waals surface area contributed by atoms with Gasteiger partial charge in [0.25, 0.3) is 0 Å². The SMILES string of the molecule is CC(C)CC1CCCC(N[C@H](C)c2ccccc2Cl)C1. The minimum Gasteiger partial charge on any atom is -0.307 e. The molecule has 0 amide bonds. The quantitative estimate of drug-likeness (QED) is 0.745. The zero-order chi connectivity index (χ0) is 14.5. The highest BCUT2D eigenvalue weighted by Crippen LogP contribution is 2.31. The highest BCUT2D eigenvalue weighted by molar-refractivity contribution is 6.31. The molecular formula is C18H28ClN. The van der Waals surface area contributed by atoms with E-state index in [0.29, 0.717) is 12.1 Å². The predicted octanol–water partition coefficient (Wildman–Crippen LogP) is 5.60. The monoisotopic (exact) mass is 293 g/mol. The van der Waals surface area contributed by atoms with Crippen molar-refractivity contribution < 1.29 is 0 Å². The van der Waals surface area contributed by atoms with Crippen molar-refractivity contribution in [2.75, 3.05) is 0 Å². The lowest BCUT2D eigenvalue weighted by Crippen LogP contribution is -2.36. The maximum Gasteiger partial charge on any atom is 0.0453 e. The fourth-order valence-electron chi connectivity index (χ4n) is 3.59. The molecule has 2 rings (SSSR count). The Morgan fingerprint density at radius 3 is 2.65 bits per heavy atom. The summed E-state index contributed by atoms with van der Waals surface area (Å²) in [5.41, 5.74) is 1.22. The third kappa shape index (κ3) is 4.49. The van der Waals surface area contributed by atoms with Crippen LogP contribution in [0, 0.1) is 11.8 Å². The molecule has 1 aliphatic rings. The summed E-state index contributed by atoms with van der Waals surface area (Å²) in [6, 6.07) is 9.18. The van der Waals surface area contributed by atoms with Crippen LogP contribution in [0.5, 0.6) is 0 Å². The molecule has 1 aromatic rings. The molecule has 1 saturated carbocycles. The lowest BCUT2D eigenvalue weighted by molar-refractivity contribution is 0.242. The van der Waals surface area contributed by atoms with Crippen LogP contribution in [0.2, 0.25) is 5.02 Å². The van der Waals surface area contributed by atoms with Crippen molar-refractivity contribution in [2.45, 2.75) is 65.0 Å². The third-order valence-corrected chi connectivity index (χ3v) is 4.79. The van der Waals surface area contributed by atoms with Crippen molar-refractivity contribution in [1.29, 1.82) is 0 Å². The molecule has 1 aromatic carbocycles. The van der Waals surface area contributed by atoms with Crippen LogP contribution < -0.4 is 5.32 Å². The van der Waals surface area contributed by atoms with Crippen molar-refractivity contribution in [3.63, 3.8) is 0 Å².